The molecule has 208 valence electrons. The van der Waals surface area contributed by atoms with E-state index in [2.05, 4.69) is 19.1 Å². The van der Waals surface area contributed by atoms with Gasteiger partial charge in [0.25, 0.3) is 0 Å². The molecule has 0 aliphatic carbocycles. The molecule has 0 spiro atoms. The van der Waals surface area contributed by atoms with Gasteiger partial charge in [0.2, 0.25) is 0 Å². The third kappa shape index (κ3) is 18.1. The molecule has 0 aliphatic rings. The van der Waals surface area contributed by atoms with Crippen molar-refractivity contribution in [2.45, 2.75) is 97.0 Å². The number of benzene rings is 1. The average molecular weight is 529 g/mol. The number of unbranched alkanes of at least 4 members (excludes halogenated alkanes) is 9. The Balaban J connectivity index is 2.29. The maximum Gasteiger partial charge on any atom is 0.330 e. The molecule has 8 heteroatoms. The normalized spacial score (nSPS) is 13.1. The van der Waals surface area contributed by atoms with Crippen LogP contribution in [0, 0.1) is 0 Å². The fourth-order valence-corrected chi connectivity index (χ4v) is 4.27. The molecule has 0 aromatic heterocycles. The Bertz CT molecular complexity index is 658. The van der Waals surface area contributed by atoms with Gasteiger partial charge in [0.1, 0.15) is 25.5 Å². The number of likely N-dealkylation sites (N-methyl/N-ethyl adjacent to an activating group) is 1. The first kappa shape index (κ1) is 32.8. The van der Waals surface area contributed by atoms with Crippen molar-refractivity contribution >= 4 is 14.6 Å². The lowest BCUT2D eigenvalue weighted by Gasteiger charge is -2.20. The van der Waals surface area contributed by atoms with Crippen LogP contribution in [-0.2, 0) is 25.0 Å². The van der Waals surface area contributed by atoms with Crippen LogP contribution in [0.15, 0.2) is 24.3 Å². The molecule has 0 amide bonds. The van der Waals surface area contributed by atoms with E-state index in [1.54, 1.807) is 6.92 Å². The van der Waals surface area contributed by atoms with Gasteiger partial charge in [0.05, 0.1) is 20.7 Å². The molecular formula is C28H51NO6P+. The molecule has 1 rings (SSSR count). The van der Waals surface area contributed by atoms with Gasteiger partial charge >= 0.3 is 14.6 Å². The van der Waals surface area contributed by atoms with E-state index in [0.717, 1.165) is 18.7 Å². The lowest BCUT2D eigenvalue weighted by molar-refractivity contribution is -0.858. The molecule has 0 bridgehead atoms. The molecule has 2 unspecified atom stereocenters. The quantitative estimate of drug-likeness (QED) is 0.115. The molecule has 1 aromatic rings. The molecule has 0 radical (unpaired) electrons. The smallest absolute Gasteiger partial charge is 0.330 e. The van der Waals surface area contributed by atoms with Crippen LogP contribution < -0.4 is 9.64 Å². The van der Waals surface area contributed by atoms with Crippen LogP contribution in [-0.4, -0.2) is 57.4 Å². The molecule has 1 aromatic carbocycles. The number of aryl methyl sites for hydroxylation is 1. The van der Waals surface area contributed by atoms with Crippen molar-refractivity contribution in [3.8, 4) is 5.75 Å². The zero-order chi connectivity index (χ0) is 26.4. The number of hydrogen-bond donors (Lipinski definition) is 2. The fourth-order valence-electron chi connectivity index (χ4n) is 3.66. The van der Waals surface area contributed by atoms with Crippen molar-refractivity contribution in [2.75, 3.05) is 40.5 Å². The Labute approximate surface area is 220 Å². The van der Waals surface area contributed by atoms with Crippen molar-refractivity contribution in [1.82, 2.24) is 0 Å². The topological polar surface area (TPSA) is 78.7 Å². The van der Waals surface area contributed by atoms with Crippen molar-refractivity contribution in [2.24, 2.45) is 0 Å². The van der Waals surface area contributed by atoms with Crippen molar-refractivity contribution in [3.05, 3.63) is 29.8 Å². The van der Waals surface area contributed by atoms with E-state index < -0.39 is 14.7 Å². The summed E-state index contributed by atoms with van der Waals surface area (Å²) in [5.41, 5.74) is 1.31. The van der Waals surface area contributed by atoms with Crippen LogP contribution in [0.1, 0.15) is 90.0 Å². The zero-order valence-electron chi connectivity index (χ0n) is 23.1. The number of hydrogen-bond acceptors (Lipinski definition) is 6. The molecule has 7 nitrogen and oxygen atoms in total. The van der Waals surface area contributed by atoms with Gasteiger partial charge in [0, 0.05) is 6.42 Å². The van der Waals surface area contributed by atoms with Gasteiger partial charge in [-0.15, -0.1) is 0 Å². The summed E-state index contributed by atoms with van der Waals surface area (Å²) < 4.78 is 21.9. The average Bonchev–Trinajstić information content (AvgIpc) is 2.87. The van der Waals surface area contributed by atoms with E-state index >= 15 is 0 Å². The maximum atomic E-state index is 11.8. The number of ether oxygens (including phenoxy) is 2. The van der Waals surface area contributed by atoms with E-state index in [9.17, 15) is 9.69 Å². The van der Waals surface area contributed by atoms with E-state index in [4.69, 9.17) is 18.5 Å². The molecule has 0 saturated heterocycles. The lowest BCUT2D eigenvalue weighted by atomic mass is 10.0. The second-order valence-electron chi connectivity index (χ2n) is 9.68. The molecule has 0 heterocycles. The monoisotopic (exact) mass is 528 g/mol. The predicted molar refractivity (Wildman–Crippen MR) is 146 cm³/mol. The molecule has 2 N–H and O–H groups in total. The van der Waals surface area contributed by atoms with Gasteiger partial charge < -0.3 is 28.3 Å². The van der Waals surface area contributed by atoms with E-state index in [-0.39, 0.29) is 25.6 Å². The van der Waals surface area contributed by atoms with Crippen LogP contribution in [0.2, 0.25) is 0 Å². The number of quaternary nitrogens is 1. The second kappa shape index (κ2) is 21.8. The van der Waals surface area contributed by atoms with Crippen LogP contribution in [0.5, 0.6) is 5.75 Å². The Hall–Kier alpha value is -1.24. The van der Waals surface area contributed by atoms with Crippen molar-refractivity contribution in [1.29, 1.82) is 0 Å². The van der Waals surface area contributed by atoms with E-state index in [1.807, 2.05) is 26.2 Å². The third-order valence-corrected chi connectivity index (χ3v) is 6.71. The van der Waals surface area contributed by atoms with Gasteiger partial charge in [-0.2, -0.15) is 0 Å². The van der Waals surface area contributed by atoms with Gasteiger partial charge in [-0.3, -0.25) is 4.79 Å². The Kier molecular flexibility index (Phi) is 19.9. The Morgan fingerprint density at radius 3 is 2.08 bits per heavy atom. The number of rotatable bonds is 23. The summed E-state index contributed by atoms with van der Waals surface area (Å²) in [6, 6.07) is 8.11. The highest BCUT2D eigenvalue weighted by Gasteiger charge is 2.18. The van der Waals surface area contributed by atoms with Gasteiger partial charge in [0.15, 0.2) is 6.10 Å². The van der Waals surface area contributed by atoms with Crippen LogP contribution in [0.4, 0.5) is 0 Å². The summed E-state index contributed by atoms with van der Waals surface area (Å²) in [4.78, 5) is 22.9. The summed E-state index contributed by atoms with van der Waals surface area (Å²) >= 11 is 0. The molecule has 2 atom stereocenters. The molecule has 0 fully saturated rings. The van der Waals surface area contributed by atoms with Crippen molar-refractivity contribution in [3.63, 3.8) is 0 Å². The van der Waals surface area contributed by atoms with Crippen LogP contribution >= 0.6 is 8.60 Å². The minimum atomic E-state index is -2.02. The van der Waals surface area contributed by atoms with Gasteiger partial charge in [-0.25, -0.2) is 0 Å². The molecule has 0 aliphatic heterocycles. The predicted octanol–water partition coefficient (Wildman–Crippen LogP) is 5.25. The molecule has 36 heavy (non-hydrogen) atoms. The highest BCUT2D eigenvalue weighted by Crippen LogP contribution is 2.32. The lowest BCUT2D eigenvalue weighted by Crippen LogP contribution is -3.06. The van der Waals surface area contributed by atoms with Crippen molar-refractivity contribution < 1.29 is 33.1 Å². The fraction of sp³-hybridized carbons (Fsp3) is 0.750. The van der Waals surface area contributed by atoms with E-state index in [0.29, 0.717) is 6.61 Å². The number of carbonyl (C=O) groups is 1. The van der Waals surface area contributed by atoms with E-state index in [1.165, 1.54) is 74.7 Å². The first-order chi connectivity index (χ1) is 17.4. The van der Waals surface area contributed by atoms with Crippen LogP contribution in [0.25, 0.3) is 0 Å². The first-order valence-electron chi connectivity index (χ1n) is 13.9. The largest absolute Gasteiger partial charge is 0.490 e. The summed E-state index contributed by atoms with van der Waals surface area (Å²) in [7, 11) is 1.99. The minimum absolute atomic E-state index is 0.0135. The SMILES string of the molecule is CCCCCCCCCCCCc1ccc(OCC(COP(O)OCC[NH+](C)C)OC(=O)CC)cc1. The maximum absolute atomic E-state index is 11.8. The number of esters is 1. The minimum Gasteiger partial charge on any atom is -0.490 e. The first-order valence-corrected chi connectivity index (χ1v) is 15.0. The Morgan fingerprint density at radius 2 is 1.50 bits per heavy atom. The highest BCUT2D eigenvalue weighted by molar-refractivity contribution is 7.40. The summed E-state index contributed by atoms with van der Waals surface area (Å²) in [6.45, 7) is 5.31. The third-order valence-electron chi connectivity index (χ3n) is 5.94. The summed E-state index contributed by atoms with van der Waals surface area (Å²) in [5.74, 6) is 0.384. The van der Waals surface area contributed by atoms with Gasteiger partial charge in [-0.1, -0.05) is 83.8 Å². The number of nitrogens with one attached hydrogen (secondary N) is 1. The Morgan fingerprint density at radius 1 is 0.889 bits per heavy atom. The highest BCUT2D eigenvalue weighted by atomic mass is 31.2. The molecular weight excluding hydrogens is 477 g/mol. The standard InChI is InChI=1S/C28H50NO6P/c1-5-7-8-9-10-11-12-13-14-15-16-25-17-19-26(20-18-25)32-23-27(35-28(30)6-2)24-34-36(31)33-22-21-29(3)4/h17-20,27,31H,5-16,21-24H2,1-4H3/p+1. The van der Waals surface area contributed by atoms with Crippen LogP contribution in [0.3, 0.4) is 0 Å². The summed E-state index contributed by atoms with van der Waals surface area (Å²) in [5, 5.41) is 0. The number of carbonyl (C=O) groups excluding carboxylic acids is 1. The molecule has 0 saturated carbocycles. The summed E-state index contributed by atoms with van der Waals surface area (Å²) in [6.07, 6.45) is 14.1. The van der Waals surface area contributed by atoms with Gasteiger partial charge in [-0.05, 0) is 30.5 Å². The zero-order valence-corrected chi connectivity index (χ0v) is 24.0. The second-order valence-corrected chi connectivity index (χ2v) is 10.7.